The summed E-state index contributed by atoms with van der Waals surface area (Å²) < 4.78 is 5.43. The van der Waals surface area contributed by atoms with Crippen LogP contribution in [0.2, 0.25) is 0 Å². The van der Waals surface area contributed by atoms with Crippen LogP contribution in [0.15, 0.2) is 18.2 Å². The molecule has 1 aliphatic carbocycles. The van der Waals surface area contributed by atoms with E-state index in [0.29, 0.717) is 0 Å². The molecule has 2 N–H and O–H groups in total. The van der Waals surface area contributed by atoms with Crippen molar-refractivity contribution in [2.24, 2.45) is 5.92 Å². The SMILES string of the molecule is Cc1cc(N2CCOCC2)ccc1NC(=O)NC1CCN(CC2CCCC2)CC1. The Morgan fingerprint density at radius 1 is 1.07 bits per heavy atom. The zero-order valence-electron chi connectivity index (χ0n) is 17.8. The number of carbonyl (C=O) groups is 1. The van der Waals surface area contributed by atoms with Crippen molar-refractivity contribution in [3.63, 3.8) is 0 Å². The first-order chi connectivity index (χ1) is 14.2. The summed E-state index contributed by atoms with van der Waals surface area (Å²) in [5.41, 5.74) is 3.18. The van der Waals surface area contributed by atoms with Gasteiger partial charge in [-0.2, -0.15) is 0 Å². The van der Waals surface area contributed by atoms with Crippen molar-refractivity contribution >= 4 is 17.4 Å². The van der Waals surface area contributed by atoms with E-state index in [1.165, 1.54) is 37.9 Å². The quantitative estimate of drug-likeness (QED) is 0.793. The molecule has 3 aliphatic rings. The van der Waals surface area contributed by atoms with E-state index in [9.17, 15) is 4.79 Å². The third-order valence-corrected chi connectivity index (χ3v) is 6.75. The number of hydrogen-bond acceptors (Lipinski definition) is 4. The highest BCUT2D eigenvalue weighted by Crippen LogP contribution is 2.27. The van der Waals surface area contributed by atoms with E-state index < -0.39 is 0 Å². The minimum absolute atomic E-state index is 0.0820. The number of likely N-dealkylation sites (tertiary alicyclic amines) is 1. The number of carbonyl (C=O) groups excluding carboxylic acids is 1. The summed E-state index contributed by atoms with van der Waals surface area (Å²) in [4.78, 5) is 17.4. The molecule has 2 amide bonds. The zero-order valence-corrected chi connectivity index (χ0v) is 17.8. The first kappa shape index (κ1) is 20.5. The van der Waals surface area contributed by atoms with Crippen molar-refractivity contribution in [3.05, 3.63) is 23.8 Å². The Bertz CT molecular complexity index is 675. The molecule has 160 valence electrons. The molecule has 2 heterocycles. The lowest BCUT2D eigenvalue weighted by atomic mass is 10.0. The Balaban J connectivity index is 1.22. The summed E-state index contributed by atoms with van der Waals surface area (Å²) in [5.74, 6) is 0.909. The lowest BCUT2D eigenvalue weighted by molar-refractivity contribution is 0.122. The fourth-order valence-electron chi connectivity index (χ4n) is 4.97. The molecule has 1 aromatic rings. The highest BCUT2D eigenvalue weighted by molar-refractivity contribution is 5.90. The number of benzene rings is 1. The number of aryl methyl sites for hydroxylation is 1. The maximum Gasteiger partial charge on any atom is 0.319 e. The summed E-state index contributed by atoms with van der Waals surface area (Å²) in [6.07, 6.45) is 7.74. The average Bonchev–Trinajstić information content (AvgIpc) is 3.25. The van der Waals surface area contributed by atoms with Crippen LogP contribution >= 0.6 is 0 Å². The van der Waals surface area contributed by atoms with Crippen LogP contribution in [-0.2, 0) is 4.74 Å². The molecule has 0 aromatic heterocycles. The monoisotopic (exact) mass is 400 g/mol. The number of ether oxygens (including phenoxy) is 1. The van der Waals surface area contributed by atoms with Gasteiger partial charge in [-0.15, -0.1) is 0 Å². The predicted molar refractivity (Wildman–Crippen MR) is 118 cm³/mol. The average molecular weight is 401 g/mol. The van der Waals surface area contributed by atoms with E-state index in [0.717, 1.165) is 69.4 Å². The Hall–Kier alpha value is -1.79. The Kier molecular flexibility index (Phi) is 6.93. The van der Waals surface area contributed by atoms with Gasteiger partial charge in [-0.1, -0.05) is 12.8 Å². The Morgan fingerprint density at radius 2 is 1.79 bits per heavy atom. The summed E-state index contributed by atoms with van der Waals surface area (Å²) >= 11 is 0. The highest BCUT2D eigenvalue weighted by Gasteiger charge is 2.24. The van der Waals surface area contributed by atoms with Crippen LogP contribution in [0, 0.1) is 12.8 Å². The van der Waals surface area contributed by atoms with Gasteiger partial charge in [0.05, 0.1) is 13.2 Å². The lowest BCUT2D eigenvalue weighted by Crippen LogP contribution is -2.46. The van der Waals surface area contributed by atoms with E-state index >= 15 is 0 Å². The van der Waals surface area contributed by atoms with Gasteiger partial charge in [-0.05, 0) is 62.3 Å². The molecule has 6 heteroatoms. The predicted octanol–water partition coefficient (Wildman–Crippen LogP) is 3.61. The molecular weight excluding hydrogens is 364 g/mol. The van der Waals surface area contributed by atoms with Gasteiger partial charge in [0.1, 0.15) is 0 Å². The number of piperidine rings is 1. The molecule has 0 spiro atoms. The topological polar surface area (TPSA) is 56.8 Å². The fraction of sp³-hybridized carbons (Fsp3) is 0.696. The van der Waals surface area contributed by atoms with E-state index in [1.54, 1.807) is 0 Å². The van der Waals surface area contributed by atoms with E-state index in [4.69, 9.17) is 4.74 Å². The molecule has 2 saturated heterocycles. The molecule has 0 radical (unpaired) electrons. The van der Waals surface area contributed by atoms with Crippen LogP contribution in [-0.4, -0.2) is 62.9 Å². The molecule has 0 bridgehead atoms. The van der Waals surface area contributed by atoms with Gasteiger partial charge in [-0.25, -0.2) is 4.79 Å². The molecule has 0 atom stereocenters. The number of rotatable bonds is 5. The van der Waals surface area contributed by atoms with E-state index in [-0.39, 0.29) is 12.1 Å². The minimum Gasteiger partial charge on any atom is -0.378 e. The van der Waals surface area contributed by atoms with E-state index in [2.05, 4.69) is 39.5 Å². The smallest absolute Gasteiger partial charge is 0.319 e. The van der Waals surface area contributed by atoms with Crippen molar-refractivity contribution in [2.75, 3.05) is 56.2 Å². The molecule has 4 rings (SSSR count). The maximum absolute atomic E-state index is 12.5. The number of urea groups is 1. The molecule has 1 saturated carbocycles. The molecule has 1 aromatic carbocycles. The summed E-state index contributed by atoms with van der Waals surface area (Å²) in [5, 5.41) is 6.23. The second-order valence-corrected chi connectivity index (χ2v) is 8.92. The zero-order chi connectivity index (χ0) is 20.1. The second-order valence-electron chi connectivity index (χ2n) is 8.92. The number of anilines is 2. The molecule has 29 heavy (non-hydrogen) atoms. The third kappa shape index (κ3) is 5.64. The van der Waals surface area contributed by atoms with Gasteiger partial charge in [0, 0.05) is 50.1 Å². The van der Waals surface area contributed by atoms with Gasteiger partial charge < -0.3 is 25.2 Å². The molecule has 6 nitrogen and oxygen atoms in total. The highest BCUT2D eigenvalue weighted by atomic mass is 16.5. The van der Waals surface area contributed by atoms with Crippen LogP contribution in [0.5, 0.6) is 0 Å². The minimum atomic E-state index is -0.0820. The van der Waals surface area contributed by atoms with Crippen molar-refractivity contribution in [1.82, 2.24) is 10.2 Å². The van der Waals surface area contributed by atoms with Gasteiger partial charge in [0.15, 0.2) is 0 Å². The van der Waals surface area contributed by atoms with Crippen LogP contribution in [0.3, 0.4) is 0 Å². The molecular formula is C23H36N4O2. The number of morpholine rings is 1. The second kappa shape index (κ2) is 9.81. The van der Waals surface area contributed by atoms with Crippen molar-refractivity contribution < 1.29 is 9.53 Å². The van der Waals surface area contributed by atoms with Crippen LogP contribution in [0.1, 0.15) is 44.1 Å². The molecule has 0 unspecified atom stereocenters. The van der Waals surface area contributed by atoms with Gasteiger partial charge in [0.25, 0.3) is 0 Å². The van der Waals surface area contributed by atoms with Gasteiger partial charge >= 0.3 is 6.03 Å². The van der Waals surface area contributed by atoms with Crippen LogP contribution in [0.4, 0.5) is 16.2 Å². The standard InChI is InChI=1S/C23H36N4O2/c1-18-16-21(27-12-14-29-15-13-27)6-7-22(18)25-23(28)24-20-8-10-26(11-9-20)17-19-4-2-3-5-19/h6-7,16,19-20H,2-5,8-15,17H2,1H3,(H2,24,25,28). The van der Waals surface area contributed by atoms with Gasteiger partial charge in [0.2, 0.25) is 0 Å². The third-order valence-electron chi connectivity index (χ3n) is 6.75. The van der Waals surface area contributed by atoms with Gasteiger partial charge in [-0.3, -0.25) is 0 Å². The number of amides is 2. The fourth-order valence-corrected chi connectivity index (χ4v) is 4.97. The summed E-state index contributed by atoms with van der Waals surface area (Å²) in [6, 6.07) is 6.46. The number of nitrogens with zero attached hydrogens (tertiary/aromatic N) is 2. The van der Waals surface area contributed by atoms with Crippen molar-refractivity contribution in [3.8, 4) is 0 Å². The van der Waals surface area contributed by atoms with Crippen molar-refractivity contribution in [1.29, 1.82) is 0 Å². The summed E-state index contributed by atoms with van der Waals surface area (Å²) in [7, 11) is 0. The largest absolute Gasteiger partial charge is 0.378 e. The first-order valence-corrected chi connectivity index (χ1v) is 11.4. The van der Waals surface area contributed by atoms with Crippen molar-refractivity contribution in [2.45, 2.75) is 51.5 Å². The Labute approximate surface area is 175 Å². The van der Waals surface area contributed by atoms with E-state index in [1.807, 2.05) is 6.07 Å². The van der Waals surface area contributed by atoms with Crippen LogP contribution < -0.4 is 15.5 Å². The first-order valence-electron chi connectivity index (χ1n) is 11.4. The van der Waals surface area contributed by atoms with Crippen LogP contribution in [0.25, 0.3) is 0 Å². The Morgan fingerprint density at radius 3 is 2.48 bits per heavy atom. The lowest BCUT2D eigenvalue weighted by Gasteiger charge is -2.33. The number of hydrogen-bond donors (Lipinski definition) is 2. The number of nitrogens with one attached hydrogen (secondary N) is 2. The maximum atomic E-state index is 12.5. The molecule has 2 aliphatic heterocycles. The normalized spacial score (nSPS) is 22.0. The molecule has 3 fully saturated rings. The summed E-state index contributed by atoms with van der Waals surface area (Å²) in [6.45, 7) is 8.93.